The Morgan fingerprint density at radius 1 is 1.12 bits per heavy atom. The summed E-state index contributed by atoms with van der Waals surface area (Å²) in [6.45, 7) is 0. The number of thiophene rings is 1. The monoisotopic (exact) mass is 348 g/mol. The minimum atomic E-state index is -1.06. The SMILES string of the molecule is CN1C(=N)NC(c2ccccc2)(c2ccc(-c3cccnc3)s2)C1=O. The van der Waals surface area contributed by atoms with E-state index in [1.807, 2.05) is 60.8 Å². The van der Waals surface area contributed by atoms with E-state index in [-0.39, 0.29) is 11.9 Å². The van der Waals surface area contributed by atoms with Crippen LogP contribution >= 0.6 is 11.3 Å². The predicted octanol–water partition coefficient (Wildman–Crippen LogP) is 3.05. The Morgan fingerprint density at radius 3 is 2.56 bits per heavy atom. The van der Waals surface area contributed by atoms with Gasteiger partial charge < -0.3 is 5.32 Å². The first kappa shape index (κ1) is 15.5. The normalized spacial score (nSPS) is 20.0. The standard InChI is InChI=1S/C19H16N4OS/c1-23-17(24)19(22-18(23)20,14-7-3-2-4-8-14)16-10-9-15(25-16)13-6-5-11-21-12-13/h2-12H,1H3,(H2,20,22). The number of hydrogen-bond acceptors (Lipinski definition) is 4. The summed E-state index contributed by atoms with van der Waals surface area (Å²) in [5.41, 5.74) is 0.780. The van der Waals surface area contributed by atoms with Crippen LogP contribution in [0.25, 0.3) is 10.4 Å². The van der Waals surface area contributed by atoms with Crippen LogP contribution < -0.4 is 5.32 Å². The number of likely N-dealkylation sites (N-methyl/N-ethyl adjacent to an activating group) is 1. The molecule has 124 valence electrons. The molecule has 1 atom stereocenters. The van der Waals surface area contributed by atoms with Crippen LogP contribution in [0.15, 0.2) is 67.0 Å². The fraction of sp³-hybridized carbons (Fsp3) is 0.105. The summed E-state index contributed by atoms with van der Waals surface area (Å²) >= 11 is 1.54. The lowest BCUT2D eigenvalue weighted by Crippen LogP contribution is -2.44. The van der Waals surface area contributed by atoms with Gasteiger partial charge in [0.25, 0.3) is 5.91 Å². The van der Waals surface area contributed by atoms with Crippen LogP contribution in [0.2, 0.25) is 0 Å². The molecule has 4 rings (SSSR count). The van der Waals surface area contributed by atoms with Gasteiger partial charge in [-0.05, 0) is 23.8 Å². The summed E-state index contributed by atoms with van der Waals surface area (Å²) in [5, 5.41) is 11.2. The number of guanidine groups is 1. The summed E-state index contributed by atoms with van der Waals surface area (Å²) in [6.07, 6.45) is 3.55. The van der Waals surface area contributed by atoms with E-state index in [9.17, 15) is 4.79 Å². The van der Waals surface area contributed by atoms with Gasteiger partial charge in [-0.25, -0.2) is 0 Å². The number of aromatic nitrogens is 1. The van der Waals surface area contributed by atoms with Gasteiger partial charge in [0.2, 0.25) is 0 Å². The molecular weight excluding hydrogens is 332 g/mol. The lowest BCUT2D eigenvalue weighted by Gasteiger charge is -2.26. The smallest absolute Gasteiger partial charge is 0.265 e. The average molecular weight is 348 g/mol. The zero-order valence-corrected chi connectivity index (χ0v) is 14.4. The van der Waals surface area contributed by atoms with Crippen molar-refractivity contribution in [2.45, 2.75) is 5.54 Å². The van der Waals surface area contributed by atoms with Crippen molar-refractivity contribution in [2.24, 2.45) is 0 Å². The first-order valence-corrected chi connectivity index (χ1v) is 8.66. The van der Waals surface area contributed by atoms with Crippen LogP contribution in [-0.4, -0.2) is 28.8 Å². The van der Waals surface area contributed by atoms with Gasteiger partial charge >= 0.3 is 0 Å². The molecule has 2 aromatic heterocycles. The highest BCUT2D eigenvalue weighted by atomic mass is 32.1. The van der Waals surface area contributed by atoms with Gasteiger partial charge in [0, 0.05) is 34.8 Å². The summed E-state index contributed by atoms with van der Waals surface area (Å²) in [4.78, 5) is 20.5. The molecule has 0 bridgehead atoms. The van der Waals surface area contributed by atoms with Crippen molar-refractivity contribution in [1.82, 2.24) is 15.2 Å². The number of carbonyl (C=O) groups excluding carboxylic acids is 1. The summed E-state index contributed by atoms with van der Waals surface area (Å²) in [7, 11) is 1.62. The van der Waals surface area contributed by atoms with E-state index in [4.69, 9.17) is 5.41 Å². The van der Waals surface area contributed by atoms with Gasteiger partial charge in [-0.2, -0.15) is 0 Å². The molecule has 1 amide bonds. The van der Waals surface area contributed by atoms with E-state index in [0.717, 1.165) is 20.9 Å². The summed E-state index contributed by atoms with van der Waals surface area (Å²) in [5.74, 6) is -0.0477. The molecule has 0 radical (unpaired) electrons. The largest absolute Gasteiger partial charge is 0.334 e. The molecule has 5 nitrogen and oxygen atoms in total. The number of carbonyl (C=O) groups is 1. The van der Waals surface area contributed by atoms with Crippen molar-refractivity contribution >= 4 is 23.2 Å². The molecule has 1 aromatic carbocycles. The van der Waals surface area contributed by atoms with E-state index in [2.05, 4.69) is 10.3 Å². The van der Waals surface area contributed by atoms with Crippen LogP contribution in [0.4, 0.5) is 0 Å². The molecule has 2 N–H and O–H groups in total. The molecule has 3 heterocycles. The second kappa shape index (κ2) is 5.82. The number of nitrogens with one attached hydrogen (secondary N) is 2. The highest BCUT2D eigenvalue weighted by Crippen LogP contribution is 2.41. The third-order valence-electron chi connectivity index (χ3n) is 4.40. The molecule has 1 aliphatic heterocycles. The Bertz CT molecular complexity index is 938. The molecular formula is C19H16N4OS. The van der Waals surface area contributed by atoms with Crippen molar-refractivity contribution in [3.8, 4) is 10.4 Å². The molecule has 0 aliphatic carbocycles. The van der Waals surface area contributed by atoms with Crippen LogP contribution in [0, 0.1) is 5.41 Å². The average Bonchev–Trinajstić information content (AvgIpc) is 3.24. The van der Waals surface area contributed by atoms with E-state index >= 15 is 0 Å². The van der Waals surface area contributed by atoms with Gasteiger partial charge in [0.05, 0.1) is 0 Å². The molecule has 3 aromatic rings. The maximum atomic E-state index is 13.1. The minimum absolute atomic E-state index is 0.102. The fourth-order valence-corrected chi connectivity index (χ4v) is 4.22. The molecule has 0 spiro atoms. The first-order chi connectivity index (χ1) is 12.1. The lowest BCUT2D eigenvalue weighted by molar-refractivity contribution is -0.129. The van der Waals surface area contributed by atoms with Crippen molar-refractivity contribution < 1.29 is 4.79 Å². The molecule has 0 saturated carbocycles. The van der Waals surface area contributed by atoms with Gasteiger partial charge in [-0.3, -0.25) is 20.1 Å². The molecule has 1 fully saturated rings. The third kappa shape index (κ3) is 2.34. The quantitative estimate of drug-likeness (QED) is 0.764. The number of hydrogen-bond donors (Lipinski definition) is 2. The van der Waals surface area contributed by atoms with E-state index in [1.165, 1.54) is 16.2 Å². The highest BCUT2D eigenvalue weighted by Gasteiger charge is 2.51. The highest BCUT2D eigenvalue weighted by molar-refractivity contribution is 7.15. The molecule has 1 unspecified atom stereocenters. The van der Waals surface area contributed by atoms with Gasteiger partial charge in [0.15, 0.2) is 11.5 Å². The number of rotatable bonds is 3. The third-order valence-corrected chi connectivity index (χ3v) is 5.65. The maximum Gasteiger partial charge on any atom is 0.265 e. The second-order valence-corrected chi connectivity index (χ2v) is 6.94. The van der Waals surface area contributed by atoms with Crippen LogP contribution in [0.3, 0.4) is 0 Å². The maximum absolute atomic E-state index is 13.1. The Hall–Kier alpha value is -2.99. The Morgan fingerprint density at radius 2 is 1.92 bits per heavy atom. The zero-order chi connectivity index (χ0) is 17.4. The number of nitrogens with zero attached hydrogens (tertiary/aromatic N) is 2. The topological polar surface area (TPSA) is 69.1 Å². The lowest BCUT2D eigenvalue weighted by atomic mass is 9.88. The Kier molecular flexibility index (Phi) is 3.62. The van der Waals surface area contributed by atoms with Crippen LogP contribution in [0.1, 0.15) is 10.4 Å². The first-order valence-electron chi connectivity index (χ1n) is 7.84. The predicted molar refractivity (Wildman–Crippen MR) is 98.4 cm³/mol. The summed E-state index contributed by atoms with van der Waals surface area (Å²) < 4.78 is 0. The van der Waals surface area contributed by atoms with Crippen LogP contribution in [0.5, 0.6) is 0 Å². The van der Waals surface area contributed by atoms with E-state index in [1.54, 1.807) is 13.2 Å². The second-order valence-electron chi connectivity index (χ2n) is 5.86. The molecule has 6 heteroatoms. The number of benzene rings is 1. The Balaban J connectivity index is 1.88. The zero-order valence-electron chi connectivity index (χ0n) is 13.6. The van der Waals surface area contributed by atoms with Crippen molar-refractivity contribution in [1.29, 1.82) is 5.41 Å². The van der Waals surface area contributed by atoms with Gasteiger partial charge in [-0.1, -0.05) is 36.4 Å². The number of pyridine rings is 1. The summed E-state index contributed by atoms with van der Waals surface area (Å²) in [6, 6.07) is 17.4. The minimum Gasteiger partial charge on any atom is -0.334 e. The number of amides is 1. The molecule has 1 aliphatic rings. The van der Waals surface area contributed by atoms with Crippen molar-refractivity contribution in [2.75, 3.05) is 7.05 Å². The van der Waals surface area contributed by atoms with Crippen molar-refractivity contribution in [3.63, 3.8) is 0 Å². The van der Waals surface area contributed by atoms with Gasteiger partial charge in [-0.15, -0.1) is 11.3 Å². The van der Waals surface area contributed by atoms with E-state index in [0.29, 0.717) is 0 Å². The van der Waals surface area contributed by atoms with Crippen LogP contribution in [-0.2, 0) is 10.3 Å². The van der Waals surface area contributed by atoms with Gasteiger partial charge in [0.1, 0.15) is 0 Å². The molecule has 25 heavy (non-hydrogen) atoms. The van der Waals surface area contributed by atoms with E-state index < -0.39 is 5.54 Å². The van der Waals surface area contributed by atoms with Crippen molar-refractivity contribution in [3.05, 3.63) is 77.4 Å². The fourth-order valence-electron chi connectivity index (χ4n) is 3.06. The Labute approximate surface area is 149 Å². The molecule has 1 saturated heterocycles.